The van der Waals surface area contributed by atoms with Crippen LogP contribution in [-0.2, 0) is 24.0 Å². The summed E-state index contributed by atoms with van der Waals surface area (Å²) in [6.07, 6.45) is 0.945. The number of hydrogen-bond donors (Lipinski definition) is 7. The Hall–Kier alpha value is -2.34. The Bertz CT molecular complexity index is 581. The Kier molecular flexibility index (Phi) is 9.58. The molecule has 1 aliphatic rings. The van der Waals surface area contributed by atoms with Gasteiger partial charge in [-0.1, -0.05) is 0 Å². The summed E-state index contributed by atoms with van der Waals surface area (Å²) in [6.45, 7) is 0.164. The molecule has 3 unspecified atom stereocenters. The first-order valence-corrected chi connectivity index (χ1v) is 9.04. The Morgan fingerprint density at radius 1 is 1.11 bits per heavy atom. The molecule has 1 saturated heterocycles. The molecule has 0 spiro atoms. The molecule has 0 aromatic heterocycles. The van der Waals surface area contributed by atoms with Crippen LogP contribution in [0, 0.1) is 0 Å². The van der Waals surface area contributed by atoms with Crippen LogP contribution < -0.4 is 21.3 Å². The molecule has 0 aromatic rings. The van der Waals surface area contributed by atoms with Crippen molar-refractivity contribution in [3.05, 3.63) is 0 Å². The van der Waals surface area contributed by atoms with E-state index in [-0.39, 0.29) is 18.6 Å². The zero-order valence-electron chi connectivity index (χ0n) is 14.6. The van der Waals surface area contributed by atoms with E-state index in [1.54, 1.807) is 0 Å². The number of carboxylic acid groups (broad SMARTS) is 2. The highest BCUT2D eigenvalue weighted by atomic mass is 32.1. The van der Waals surface area contributed by atoms with E-state index >= 15 is 0 Å². The molecule has 1 heterocycles. The number of hydrogen-bond acceptors (Lipinski definition) is 7. The van der Waals surface area contributed by atoms with Gasteiger partial charge in [0.05, 0.1) is 12.6 Å². The van der Waals surface area contributed by atoms with Crippen LogP contribution in [-0.4, -0.2) is 76.8 Å². The summed E-state index contributed by atoms with van der Waals surface area (Å²) in [5, 5.41) is 27.6. The third-order valence-corrected chi connectivity index (χ3v) is 4.26. The molecular formula is C15H24N4O7S. The number of nitrogens with one attached hydrogen (secondary N) is 4. The number of carboxylic acids is 2. The molecule has 0 saturated carbocycles. The zero-order valence-corrected chi connectivity index (χ0v) is 15.5. The van der Waals surface area contributed by atoms with Gasteiger partial charge < -0.3 is 31.5 Å². The van der Waals surface area contributed by atoms with Crippen LogP contribution in [0.5, 0.6) is 0 Å². The standard InChI is InChI=1S/C15H24N4O7S/c20-11(18-10(7-27)15(25)26)6-17-13(23)9(3-4-12(21)22)19-14(24)8-2-1-5-16-8/h8-10,16,27H,1-7H2,(H,17,23)(H,18,20)(H,19,24)(H,21,22)(H,25,26). The van der Waals surface area contributed by atoms with Gasteiger partial charge in [-0.3, -0.25) is 19.2 Å². The molecule has 6 N–H and O–H groups in total. The van der Waals surface area contributed by atoms with E-state index < -0.39 is 54.3 Å². The maximum atomic E-state index is 12.2. The predicted molar refractivity (Wildman–Crippen MR) is 96.3 cm³/mol. The van der Waals surface area contributed by atoms with Crippen molar-refractivity contribution in [2.75, 3.05) is 18.8 Å². The van der Waals surface area contributed by atoms with Crippen molar-refractivity contribution in [1.82, 2.24) is 21.3 Å². The maximum Gasteiger partial charge on any atom is 0.327 e. The van der Waals surface area contributed by atoms with Gasteiger partial charge in [-0.25, -0.2) is 4.79 Å². The second kappa shape index (κ2) is 11.4. The molecule has 1 fully saturated rings. The monoisotopic (exact) mass is 404 g/mol. The number of amides is 3. The number of thiol groups is 1. The van der Waals surface area contributed by atoms with Crippen molar-refractivity contribution >= 4 is 42.3 Å². The molecule has 3 amide bonds. The molecule has 0 aromatic carbocycles. The minimum absolute atomic E-state index is 0.124. The maximum absolute atomic E-state index is 12.2. The average molecular weight is 404 g/mol. The van der Waals surface area contributed by atoms with Crippen LogP contribution in [0.15, 0.2) is 0 Å². The SMILES string of the molecule is O=C(O)CCC(NC(=O)C1CCCN1)C(=O)NCC(=O)NC(CS)C(=O)O. The van der Waals surface area contributed by atoms with Crippen LogP contribution in [0.3, 0.4) is 0 Å². The highest BCUT2D eigenvalue weighted by molar-refractivity contribution is 7.80. The normalized spacial score (nSPS) is 18.2. The van der Waals surface area contributed by atoms with Crippen LogP contribution in [0.4, 0.5) is 0 Å². The van der Waals surface area contributed by atoms with Gasteiger partial charge in [0.15, 0.2) is 0 Å². The molecule has 3 atom stereocenters. The fraction of sp³-hybridized carbons (Fsp3) is 0.667. The predicted octanol–water partition coefficient (Wildman–Crippen LogP) is -2.30. The van der Waals surface area contributed by atoms with Gasteiger partial charge in [0.25, 0.3) is 0 Å². The Morgan fingerprint density at radius 3 is 2.33 bits per heavy atom. The minimum Gasteiger partial charge on any atom is -0.481 e. The van der Waals surface area contributed by atoms with Crippen LogP contribution in [0.25, 0.3) is 0 Å². The van der Waals surface area contributed by atoms with Crippen molar-refractivity contribution in [1.29, 1.82) is 0 Å². The van der Waals surface area contributed by atoms with Gasteiger partial charge in [0.2, 0.25) is 17.7 Å². The molecular weight excluding hydrogens is 380 g/mol. The highest BCUT2D eigenvalue weighted by Gasteiger charge is 2.28. The molecule has 12 heteroatoms. The van der Waals surface area contributed by atoms with Crippen LogP contribution >= 0.6 is 12.6 Å². The molecule has 1 rings (SSSR count). The van der Waals surface area contributed by atoms with Crippen molar-refractivity contribution < 1.29 is 34.2 Å². The first-order valence-electron chi connectivity index (χ1n) is 8.41. The molecule has 11 nitrogen and oxygen atoms in total. The quantitative estimate of drug-likeness (QED) is 0.188. The lowest BCUT2D eigenvalue weighted by Crippen LogP contribution is -2.53. The van der Waals surface area contributed by atoms with Crippen molar-refractivity contribution in [2.45, 2.75) is 43.8 Å². The molecule has 0 aliphatic carbocycles. The third-order valence-electron chi connectivity index (χ3n) is 3.90. The summed E-state index contributed by atoms with van der Waals surface area (Å²) < 4.78 is 0. The van der Waals surface area contributed by atoms with E-state index in [1.807, 2.05) is 0 Å². The summed E-state index contributed by atoms with van der Waals surface area (Å²) >= 11 is 3.81. The molecule has 152 valence electrons. The first kappa shape index (κ1) is 22.7. The van der Waals surface area contributed by atoms with Gasteiger partial charge >= 0.3 is 11.9 Å². The minimum atomic E-state index is -1.26. The zero-order chi connectivity index (χ0) is 20.4. The Morgan fingerprint density at radius 2 is 1.81 bits per heavy atom. The van der Waals surface area contributed by atoms with Gasteiger partial charge in [-0.2, -0.15) is 12.6 Å². The van der Waals surface area contributed by atoms with Gasteiger partial charge in [0, 0.05) is 12.2 Å². The summed E-state index contributed by atoms with van der Waals surface area (Å²) in [4.78, 5) is 57.7. The molecule has 27 heavy (non-hydrogen) atoms. The molecule has 0 radical (unpaired) electrons. The van der Waals surface area contributed by atoms with E-state index in [1.165, 1.54) is 0 Å². The molecule has 1 aliphatic heterocycles. The lowest BCUT2D eigenvalue weighted by Gasteiger charge is -2.20. The van der Waals surface area contributed by atoms with Crippen molar-refractivity contribution in [3.8, 4) is 0 Å². The topological polar surface area (TPSA) is 174 Å². The third kappa shape index (κ3) is 8.26. The smallest absolute Gasteiger partial charge is 0.327 e. The Balaban J connectivity index is 2.58. The van der Waals surface area contributed by atoms with Crippen molar-refractivity contribution in [2.24, 2.45) is 0 Å². The number of carbonyl (C=O) groups is 5. The van der Waals surface area contributed by atoms with Gasteiger partial charge in [-0.05, 0) is 25.8 Å². The van der Waals surface area contributed by atoms with E-state index in [0.29, 0.717) is 13.0 Å². The van der Waals surface area contributed by atoms with Crippen molar-refractivity contribution in [3.63, 3.8) is 0 Å². The van der Waals surface area contributed by atoms with Gasteiger partial charge in [-0.15, -0.1) is 0 Å². The number of carbonyl (C=O) groups excluding carboxylic acids is 3. The lowest BCUT2D eigenvalue weighted by molar-refractivity contribution is -0.141. The summed E-state index contributed by atoms with van der Waals surface area (Å²) in [6, 6.07) is -2.77. The van der Waals surface area contributed by atoms with Crippen LogP contribution in [0.2, 0.25) is 0 Å². The fourth-order valence-electron chi connectivity index (χ4n) is 2.44. The lowest BCUT2D eigenvalue weighted by atomic mass is 10.1. The van der Waals surface area contributed by atoms with E-state index in [9.17, 15) is 24.0 Å². The number of aliphatic carboxylic acids is 2. The average Bonchev–Trinajstić information content (AvgIpc) is 3.15. The fourth-order valence-corrected chi connectivity index (χ4v) is 2.69. The number of rotatable bonds is 11. The summed E-state index contributed by atoms with van der Waals surface area (Å²) in [7, 11) is 0. The second-order valence-electron chi connectivity index (χ2n) is 6.00. The summed E-state index contributed by atoms with van der Waals surface area (Å²) in [5.74, 6) is -4.40. The van der Waals surface area contributed by atoms with E-state index in [2.05, 4.69) is 33.9 Å². The largest absolute Gasteiger partial charge is 0.481 e. The van der Waals surface area contributed by atoms with E-state index in [0.717, 1.165) is 6.42 Å². The second-order valence-corrected chi connectivity index (χ2v) is 6.37. The highest BCUT2D eigenvalue weighted by Crippen LogP contribution is 2.06. The van der Waals surface area contributed by atoms with Crippen LogP contribution in [0.1, 0.15) is 25.7 Å². The van der Waals surface area contributed by atoms with Gasteiger partial charge in [0.1, 0.15) is 12.1 Å². The molecule has 0 bridgehead atoms. The first-order chi connectivity index (χ1) is 12.7. The summed E-state index contributed by atoms with van der Waals surface area (Å²) in [5.41, 5.74) is 0. The Labute approximate surface area is 161 Å². The van der Waals surface area contributed by atoms with E-state index in [4.69, 9.17) is 10.2 Å².